The highest BCUT2D eigenvalue weighted by molar-refractivity contribution is 5.96. The third-order valence-electron chi connectivity index (χ3n) is 2.00. The molecule has 1 aromatic rings. The summed E-state index contributed by atoms with van der Waals surface area (Å²) in [5.74, 6) is -1.07. The Hall–Kier alpha value is -2.30. The molecular weight excluding hydrogens is 220 g/mol. The van der Waals surface area contributed by atoms with Gasteiger partial charge in [0.05, 0.1) is 0 Å². The van der Waals surface area contributed by atoms with Crippen LogP contribution in [0.4, 0.5) is 10.5 Å². The first-order valence-corrected chi connectivity index (χ1v) is 5.08. The molecule has 0 saturated heterocycles. The summed E-state index contributed by atoms with van der Waals surface area (Å²) in [5.41, 5.74) is 0.538. The molecular formula is C12H14N2O3. The fraction of sp³-hybridized carbons (Fsp3) is 0.167. The van der Waals surface area contributed by atoms with Crippen LogP contribution in [-0.2, 0) is 4.79 Å². The average Bonchev–Trinajstić information content (AvgIpc) is 2.34. The molecule has 5 heteroatoms. The van der Waals surface area contributed by atoms with E-state index in [2.05, 4.69) is 11.9 Å². The number of urea groups is 1. The van der Waals surface area contributed by atoms with Crippen LogP contribution in [0.5, 0.6) is 0 Å². The lowest BCUT2D eigenvalue weighted by atomic mass is 10.3. The Labute approximate surface area is 99.4 Å². The summed E-state index contributed by atoms with van der Waals surface area (Å²) >= 11 is 0. The minimum Gasteiger partial charge on any atom is -0.480 e. The number of carbonyl (C=O) groups is 2. The Morgan fingerprint density at radius 1 is 1.35 bits per heavy atom. The predicted octanol–water partition coefficient (Wildman–Crippen LogP) is 1.47. The molecule has 0 unspecified atom stereocenters. The lowest BCUT2D eigenvalue weighted by Crippen LogP contribution is -2.43. The van der Waals surface area contributed by atoms with E-state index in [1.54, 1.807) is 30.3 Å². The van der Waals surface area contributed by atoms with Crippen LogP contribution in [0.1, 0.15) is 0 Å². The maximum Gasteiger partial charge on any atom is 0.323 e. The molecule has 0 aliphatic heterocycles. The van der Waals surface area contributed by atoms with Gasteiger partial charge in [-0.05, 0) is 12.1 Å². The topological polar surface area (TPSA) is 69.6 Å². The van der Waals surface area contributed by atoms with E-state index in [1.807, 2.05) is 0 Å². The van der Waals surface area contributed by atoms with E-state index >= 15 is 0 Å². The Kier molecular flexibility index (Phi) is 4.75. The van der Waals surface area contributed by atoms with Crippen LogP contribution in [0.3, 0.4) is 0 Å². The Balaban J connectivity index is 2.84. The maximum atomic E-state index is 11.7. The van der Waals surface area contributed by atoms with Crippen LogP contribution in [0, 0.1) is 0 Å². The van der Waals surface area contributed by atoms with Gasteiger partial charge in [-0.3, -0.25) is 9.69 Å². The average molecular weight is 234 g/mol. The molecule has 1 rings (SSSR count). The first kappa shape index (κ1) is 12.8. The number of amides is 2. The third kappa shape index (κ3) is 3.98. The van der Waals surface area contributed by atoms with Crippen LogP contribution < -0.4 is 10.2 Å². The number of benzene rings is 1. The summed E-state index contributed by atoms with van der Waals surface area (Å²) in [6.07, 6.45) is 1.53. The number of nitrogens with zero attached hydrogens (tertiary/aromatic N) is 1. The summed E-state index contributed by atoms with van der Waals surface area (Å²) in [4.78, 5) is 23.6. The second-order valence-corrected chi connectivity index (χ2v) is 3.29. The van der Waals surface area contributed by atoms with E-state index in [4.69, 9.17) is 5.11 Å². The SMILES string of the molecule is C=CCNC(=O)N(CC(=O)O)c1ccccc1. The number of hydrogen-bond acceptors (Lipinski definition) is 2. The molecule has 2 amide bonds. The standard InChI is InChI=1S/C12H14N2O3/c1-2-8-13-12(17)14(9-11(15)16)10-6-4-3-5-7-10/h2-7H,1,8-9H2,(H,13,17)(H,15,16). The quantitative estimate of drug-likeness (QED) is 0.758. The fourth-order valence-electron chi connectivity index (χ4n) is 1.28. The smallest absolute Gasteiger partial charge is 0.323 e. The highest BCUT2D eigenvalue weighted by atomic mass is 16.4. The van der Waals surface area contributed by atoms with Crippen LogP contribution in [-0.4, -0.2) is 30.2 Å². The summed E-state index contributed by atoms with van der Waals surface area (Å²) in [7, 11) is 0. The van der Waals surface area contributed by atoms with E-state index in [9.17, 15) is 9.59 Å². The van der Waals surface area contributed by atoms with Crippen LogP contribution >= 0.6 is 0 Å². The Morgan fingerprint density at radius 2 is 2.00 bits per heavy atom. The molecule has 0 aromatic heterocycles. The van der Waals surface area contributed by atoms with Crippen molar-refractivity contribution in [2.24, 2.45) is 0 Å². The van der Waals surface area contributed by atoms with Crippen molar-refractivity contribution in [1.82, 2.24) is 5.32 Å². The molecule has 0 spiro atoms. The fourth-order valence-corrected chi connectivity index (χ4v) is 1.28. The van der Waals surface area contributed by atoms with Crippen molar-refractivity contribution in [3.63, 3.8) is 0 Å². The molecule has 0 bridgehead atoms. The lowest BCUT2D eigenvalue weighted by Gasteiger charge is -2.20. The summed E-state index contributed by atoms with van der Waals surface area (Å²) in [6, 6.07) is 8.17. The van der Waals surface area contributed by atoms with Gasteiger partial charge in [0.15, 0.2) is 0 Å². The number of nitrogens with one attached hydrogen (secondary N) is 1. The van der Waals surface area contributed by atoms with Crippen LogP contribution in [0.25, 0.3) is 0 Å². The first-order valence-electron chi connectivity index (χ1n) is 5.08. The Morgan fingerprint density at radius 3 is 2.53 bits per heavy atom. The highest BCUT2D eigenvalue weighted by Crippen LogP contribution is 2.12. The van der Waals surface area contributed by atoms with Crippen molar-refractivity contribution >= 4 is 17.7 Å². The number of aliphatic carboxylic acids is 1. The molecule has 0 fully saturated rings. The van der Waals surface area contributed by atoms with Crippen molar-refractivity contribution in [3.8, 4) is 0 Å². The van der Waals surface area contributed by atoms with E-state index in [-0.39, 0.29) is 6.54 Å². The van der Waals surface area contributed by atoms with Crippen LogP contribution in [0.15, 0.2) is 43.0 Å². The molecule has 0 aliphatic rings. The first-order chi connectivity index (χ1) is 8.15. The van der Waals surface area contributed by atoms with Crippen molar-refractivity contribution in [1.29, 1.82) is 0 Å². The summed E-state index contributed by atoms with van der Waals surface area (Å²) in [5, 5.41) is 11.3. The number of hydrogen-bond donors (Lipinski definition) is 2. The normalized spacial score (nSPS) is 9.41. The Bertz CT molecular complexity index is 403. The number of para-hydroxylation sites is 1. The van der Waals surface area contributed by atoms with Crippen LogP contribution in [0.2, 0.25) is 0 Å². The van der Waals surface area contributed by atoms with Gasteiger partial charge in [0.1, 0.15) is 6.54 Å². The highest BCUT2D eigenvalue weighted by Gasteiger charge is 2.17. The molecule has 0 atom stereocenters. The van der Waals surface area contributed by atoms with E-state index in [0.29, 0.717) is 12.2 Å². The largest absolute Gasteiger partial charge is 0.480 e. The molecule has 17 heavy (non-hydrogen) atoms. The molecule has 5 nitrogen and oxygen atoms in total. The number of anilines is 1. The van der Waals surface area contributed by atoms with Gasteiger partial charge in [-0.15, -0.1) is 6.58 Å². The zero-order valence-electron chi connectivity index (χ0n) is 9.30. The molecule has 1 aromatic carbocycles. The second-order valence-electron chi connectivity index (χ2n) is 3.29. The number of carboxylic acid groups (broad SMARTS) is 1. The molecule has 0 saturated carbocycles. The molecule has 2 N–H and O–H groups in total. The minimum absolute atomic E-state index is 0.293. The lowest BCUT2D eigenvalue weighted by molar-refractivity contribution is -0.135. The summed E-state index contributed by atoms with van der Waals surface area (Å²) < 4.78 is 0. The van der Waals surface area contributed by atoms with Crippen molar-refractivity contribution in [3.05, 3.63) is 43.0 Å². The van der Waals surface area contributed by atoms with Gasteiger partial charge in [0, 0.05) is 12.2 Å². The van der Waals surface area contributed by atoms with Gasteiger partial charge >= 0.3 is 12.0 Å². The van der Waals surface area contributed by atoms with Crippen molar-refractivity contribution in [2.75, 3.05) is 18.0 Å². The maximum absolute atomic E-state index is 11.7. The van der Waals surface area contributed by atoms with E-state index < -0.39 is 12.0 Å². The molecule has 0 radical (unpaired) electrons. The van der Waals surface area contributed by atoms with E-state index in [1.165, 1.54) is 6.08 Å². The predicted molar refractivity (Wildman–Crippen MR) is 65.0 cm³/mol. The zero-order valence-corrected chi connectivity index (χ0v) is 9.30. The molecule has 0 aliphatic carbocycles. The summed E-state index contributed by atoms with van der Waals surface area (Å²) in [6.45, 7) is 3.39. The molecule has 90 valence electrons. The molecule has 0 heterocycles. The zero-order chi connectivity index (χ0) is 12.7. The van der Waals surface area contributed by atoms with Gasteiger partial charge in [-0.25, -0.2) is 4.79 Å². The van der Waals surface area contributed by atoms with Gasteiger partial charge in [-0.1, -0.05) is 24.3 Å². The van der Waals surface area contributed by atoms with Gasteiger partial charge in [-0.2, -0.15) is 0 Å². The van der Waals surface area contributed by atoms with Gasteiger partial charge < -0.3 is 10.4 Å². The van der Waals surface area contributed by atoms with Gasteiger partial charge in [0.2, 0.25) is 0 Å². The monoisotopic (exact) mass is 234 g/mol. The van der Waals surface area contributed by atoms with Gasteiger partial charge in [0.25, 0.3) is 0 Å². The van der Waals surface area contributed by atoms with Crippen molar-refractivity contribution in [2.45, 2.75) is 0 Å². The van der Waals surface area contributed by atoms with Crippen molar-refractivity contribution < 1.29 is 14.7 Å². The number of carboxylic acids is 1. The number of carbonyl (C=O) groups excluding carboxylic acids is 1. The van der Waals surface area contributed by atoms with E-state index in [0.717, 1.165) is 4.90 Å². The second kappa shape index (κ2) is 6.32. The third-order valence-corrected chi connectivity index (χ3v) is 2.00. The minimum atomic E-state index is -1.07. The number of rotatable bonds is 5.